The monoisotopic (exact) mass is 298 g/mol. The van der Waals surface area contributed by atoms with E-state index in [1.165, 1.54) is 6.42 Å². The molecule has 0 unspecified atom stereocenters. The molecule has 1 amide bonds. The number of hydrogen-bond donors (Lipinski definition) is 1. The number of furan rings is 1. The van der Waals surface area contributed by atoms with Gasteiger partial charge >= 0.3 is 0 Å². The predicted octanol–water partition coefficient (Wildman–Crippen LogP) is 3.93. The molecule has 2 aromatic rings. The van der Waals surface area contributed by atoms with E-state index >= 15 is 0 Å². The van der Waals surface area contributed by atoms with Gasteiger partial charge in [0.1, 0.15) is 5.76 Å². The number of anilines is 1. The summed E-state index contributed by atoms with van der Waals surface area (Å²) in [6.07, 6.45) is 3.29. The van der Waals surface area contributed by atoms with Gasteiger partial charge in [0.2, 0.25) is 0 Å². The van der Waals surface area contributed by atoms with E-state index < -0.39 is 0 Å². The molecule has 2 heterocycles. The number of hydrogen-bond acceptors (Lipinski definition) is 3. The fourth-order valence-corrected chi connectivity index (χ4v) is 3.25. The number of amides is 1. The van der Waals surface area contributed by atoms with E-state index in [1.807, 2.05) is 35.2 Å². The molecule has 0 saturated carbocycles. The molecule has 1 aliphatic heterocycles. The first-order chi connectivity index (χ1) is 10.6. The van der Waals surface area contributed by atoms with Crippen LogP contribution in [-0.4, -0.2) is 22.9 Å². The van der Waals surface area contributed by atoms with Crippen molar-refractivity contribution >= 4 is 11.6 Å². The molecular weight excluding hydrogens is 276 g/mol. The summed E-state index contributed by atoms with van der Waals surface area (Å²) in [5.74, 6) is 1.06. The molecule has 0 aliphatic carbocycles. The molecule has 1 aliphatic rings. The lowest BCUT2D eigenvalue weighted by Gasteiger charge is -2.38. The Labute approximate surface area is 130 Å². The van der Waals surface area contributed by atoms with Crippen LogP contribution >= 0.6 is 0 Å². The predicted molar refractivity (Wildman–Crippen MR) is 87.5 cm³/mol. The molecule has 1 aromatic heterocycles. The fraction of sp³-hybridized carbons (Fsp3) is 0.389. The molecule has 2 N–H and O–H groups in total. The molecular formula is C18H22N2O2. The summed E-state index contributed by atoms with van der Waals surface area (Å²) in [6, 6.07) is 11.6. The van der Waals surface area contributed by atoms with Crippen molar-refractivity contribution in [1.29, 1.82) is 0 Å². The molecule has 1 aromatic carbocycles. The number of carbonyl (C=O) groups excluding carboxylic acids is 1. The second-order valence-electron chi connectivity index (χ2n) is 6.13. The van der Waals surface area contributed by atoms with Crippen LogP contribution in [0, 0.1) is 0 Å². The number of carbonyl (C=O) groups is 1. The largest absolute Gasteiger partial charge is 0.451 e. The van der Waals surface area contributed by atoms with Gasteiger partial charge < -0.3 is 15.1 Å². The molecule has 4 heteroatoms. The van der Waals surface area contributed by atoms with Crippen molar-refractivity contribution in [3.05, 3.63) is 42.2 Å². The van der Waals surface area contributed by atoms with Gasteiger partial charge in [0.05, 0.1) is 0 Å². The number of likely N-dealkylation sites (tertiary alicyclic amines) is 1. The summed E-state index contributed by atoms with van der Waals surface area (Å²) in [7, 11) is 0. The molecule has 0 radical (unpaired) electrons. The summed E-state index contributed by atoms with van der Waals surface area (Å²) in [4.78, 5) is 14.7. The van der Waals surface area contributed by atoms with Crippen LogP contribution in [-0.2, 0) is 0 Å². The number of rotatable bonds is 2. The first-order valence-electron chi connectivity index (χ1n) is 7.84. The van der Waals surface area contributed by atoms with Crippen LogP contribution in [0.3, 0.4) is 0 Å². The minimum Gasteiger partial charge on any atom is -0.451 e. The number of benzene rings is 1. The van der Waals surface area contributed by atoms with Crippen LogP contribution in [0.4, 0.5) is 5.69 Å². The molecule has 1 saturated heterocycles. The number of nitrogens with zero attached hydrogens (tertiary/aromatic N) is 1. The standard InChI is InChI=1S/C18H22N2O2/c1-12-5-3-6-13(2)20(12)18(21)17-10-9-16(22-17)14-7-4-8-15(19)11-14/h4,7-13H,3,5-6,19H2,1-2H3/t12-,13-/m0/s1. The average Bonchev–Trinajstić information content (AvgIpc) is 2.97. The van der Waals surface area contributed by atoms with Crippen LogP contribution in [0.25, 0.3) is 11.3 Å². The van der Waals surface area contributed by atoms with Crippen molar-refractivity contribution < 1.29 is 9.21 Å². The average molecular weight is 298 g/mol. The molecule has 2 atom stereocenters. The zero-order valence-corrected chi connectivity index (χ0v) is 13.1. The van der Waals surface area contributed by atoms with E-state index in [9.17, 15) is 4.79 Å². The van der Waals surface area contributed by atoms with Gasteiger partial charge in [-0.05, 0) is 57.4 Å². The Balaban J connectivity index is 1.85. The van der Waals surface area contributed by atoms with Gasteiger partial charge in [0.25, 0.3) is 5.91 Å². The third-order valence-electron chi connectivity index (χ3n) is 4.42. The van der Waals surface area contributed by atoms with Crippen LogP contribution in [0.2, 0.25) is 0 Å². The first-order valence-corrected chi connectivity index (χ1v) is 7.84. The Morgan fingerprint density at radius 1 is 1.18 bits per heavy atom. The Morgan fingerprint density at radius 2 is 1.91 bits per heavy atom. The topological polar surface area (TPSA) is 59.5 Å². The van der Waals surface area contributed by atoms with E-state index in [1.54, 1.807) is 6.07 Å². The Kier molecular flexibility index (Phi) is 3.92. The van der Waals surface area contributed by atoms with E-state index in [4.69, 9.17) is 10.2 Å². The Hall–Kier alpha value is -2.23. The second-order valence-corrected chi connectivity index (χ2v) is 6.13. The van der Waals surface area contributed by atoms with Crippen molar-refractivity contribution in [1.82, 2.24) is 4.90 Å². The zero-order chi connectivity index (χ0) is 15.7. The maximum Gasteiger partial charge on any atom is 0.290 e. The van der Waals surface area contributed by atoms with Gasteiger partial charge in [-0.25, -0.2) is 0 Å². The number of piperidine rings is 1. The smallest absolute Gasteiger partial charge is 0.290 e. The Bertz CT molecular complexity index is 667. The third kappa shape index (κ3) is 2.73. The molecule has 22 heavy (non-hydrogen) atoms. The van der Waals surface area contributed by atoms with Crippen molar-refractivity contribution in [3.8, 4) is 11.3 Å². The highest BCUT2D eigenvalue weighted by atomic mass is 16.4. The SMILES string of the molecule is C[C@H]1CCC[C@H](C)N1C(=O)c1ccc(-c2cccc(N)c2)o1. The second kappa shape index (κ2) is 5.87. The minimum atomic E-state index is -0.0187. The molecule has 1 fully saturated rings. The van der Waals surface area contributed by atoms with Gasteiger partial charge in [-0.1, -0.05) is 12.1 Å². The van der Waals surface area contributed by atoms with Gasteiger partial charge in [-0.2, -0.15) is 0 Å². The van der Waals surface area contributed by atoms with Crippen molar-refractivity contribution in [2.45, 2.75) is 45.2 Å². The van der Waals surface area contributed by atoms with Gasteiger partial charge in [0, 0.05) is 23.3 Å². The highest BCUT2D eigenvalue weighted by molar-refractivity contribution is 5.92. The lowest BCUT2D eigenvalue weighted by atomic mass is 9.97. The maximum absolute atomic E-state index is 12.7. The summed E-state index contributed by atoms with van der Waals surface area (Å²) in [5, 5.41) is 0. The molecule has 4 nitrogen and oxygen atoms in total. The van der Waals surface area contributed by atoms with E-state index in [-0.39, 0.29) is 18.0 Å². The summed E-state index contributed by atoms with van der Waals surface area (Å²) in [6.45, 7) is 4.21. The highest BCUT2D eigenvalue weighted by Crippen LogP contribution is 2.28. The fourth-order valence-electron chi connectivity index (χ4n) is 3.25. The Morgan fingerprint density at radius 3 is 2.59 bits per heavy atom. The maximum atomic E-state index is 12.7. The third-order valence-corrected chi connectivity index (χ3v) is 4.42. The number of nitrogen functional groups attached to an aromatic ring is 1. The van der Waals surface area contributed by atoms with Gasteiger partial charge in [-0.15, -0.1) is 0 Å². The summed E-state index contributed by atoms with van der Waals surface area (Å²) < 4.78 is 5.79. The lowest BCUT2D eigenvalue weighted by Crippen LogP contribution is -2.47. The minimum absolute atomic E-state index is 0.0187. The van der Waals surface area contributed by atoms with Gasteiger partial charge in [-0.3, -0.25) is 4.79 Å². The summed E-state index contributed by atoms with van der Waals surface area (Å²) in [5.41, 5.74) is 7.37. The molecule has 116 valence electrons. The van der Waals surface area contributed by atoms with Crippen LogP contribution < -0.4 is 5.73 Å². The van der Waals surface area contributed by atoms with E-state index in [2.05, 4.69) is 13.8 Å². The van der Waals surface area contributed by atoms with Crippen LogP contribution in [0.15, 0.2) is 40.8 Å². The van der Waals surface area contributed by atoms with Crippen molar-refractivity contribution in [3.63, 3.8) is 0 Å². The molecule has 3 rings (SSSR count). The zero-order valence-electron chi connectivity index (χ0n) is 13.1. The summed E-state index contributed by atoms with van der Waals surface area (Å²) >= 11 is 0. The molecule has 0 spiro atoms. The van der Waals surface area contributed by atoms with E-state index in [0.717, 1.165) is 18.4 Å². The lowest BCUT2D eigenvalue weighted by molar-refractivity contribution is 0.0479. The van der Waals surface area contributed by atoms with Crippen LogP contribution in [0.1, 0.15) is 43.7 Å². The van der Waals surface area contributed by atoms with Gasteiger partial charge in [0.15, 0.2) is 5.76 Å². The molecule has 0 bridgehead atoms. The van der Waals surface area contributed by atoms with Crippen LogP contribution in [0.5, 0.6) is 0 Å². The quantitative estimate of drug-likeness (QED) is 0.854. The van der Waals surface area contributed by atoms with Crippen molar-refractivity contribution in [2.24, 2.45) is 0 Å². The highest BCUT2D eigenvalue weighted by Gasteiger charge is 2.31. The van der Waals surface area contributed by atoms with E-state index in [0.29, 0.717) is 17.2 Å². The van der Waals surface area contributed by atoms with Crippen molar-refractivity contribution in [2.75, 3.05) is 5.73 Å². The normalized spacial score (nSPS) is 21.8. The first kappa shape index (κ1) is 14.7. The number of nitrogens with two attached hydrogens (primary N) is 1.